The number of amides is 1. The first-order valence-corrected chi connectivity index (χ1v) is 6.49. The van der Waals surface area contributed by atoms with E-state index in [1.807, 2.05) is 13.8 Å². The number of carbonyl (C=O) groups excluding carboxylic acids is 1. The van der Waals surface area contributed by atoms with Crippen molar-refractivity contribution in [3.05, 3.63) is 23.2 Å². The van der Waals surface area contributed by atoms with Crippen LogP contribution in [-0.4, -0.2) is 25.0 Å². The topological polar surface area (TPSA) is 54.3 Å². The van der Waals surface area contributed by atoms with Gasteiger partial charge in [0.15, 0.2) is 0 Å². The van der Waals surface area contributed by atoms with Crippen LogP contribution >= 0.6 is 0 Å². The minimum Gasteiger partial charge on any atom is -0.466 e. The van der Waals surface area contributed by atoms with Crippen LogP contribution in [0.3, 0.4) is 0 Å². The fraction of sp³-hybridized carbons (Fsp3) is 0.643. The van der Waals surface area contributed by atoms with Crippen LogP contribution in [-0.2, 0) is 0 Å². The van der Waals surface area contributed by atoms with Crippen LogP contribution in [0.4, 0.5) is 0 Å². The molecule has 1 saturated heterocycles. The molecule has 0 aromatic carbocycles. The maximum absolute atomic E-state index is 12.2. The lowest BCUT2D eigenvalue weighted by Crippen LogP contribution is -2.54. The summed E-state index contributed by atoms with van der Waals surface area (Å²) in [6, 6.07) is 2.01. The van der Waals surface area contributed by atoms with Crippen molar-refractivity contribution < 1.29 is 9.21 Å². The summed E-state index contributed by atoms with van der Waals surface area (Å²) in [5, 5.41) is 6.50. The summed E-state index contributed by atoms with van der Waals surface area (Å²) in [4.78, 5) is 12.2. The Morgan fingerprint density at radius 3 is 2.78 bits per heavy atom. The van der Waals surface area contributed by atoms with E-state index < -0.39 is 0 Å². The van der Waals surface area contributed by atoms with E-state index in [1.165, 1.54) is 0 Å². The van der Waals surface area contributed by atoms with Gasteiger partial charge >= 0.3 is 0 Å². The van der Waals surface area contributed by atoms with Gasteiger partial charge in [-0.1, -0.05) is 13.8 Å². The number of carbonyl (C=O) groups is 1. The standard InChI is InChI=1S/C14H22N2O2/c1-9-7-11(10(2)18-9)13(17)16-12-5-6-15-8-14(12,3)4/h7,12,15H,5-6,8H2,1-4H3,(H,16,17). The Morgan fingerprint density at radius 2 is 2.22 bits per heavy atom. The van der Waals surface area contributed by atoms with Crippen molar-refractivity contribution in [3.63, 3.8) is 0 Å². The Hall–Kier alpha value is -1.29. The lowest BCUT2D eigenvalue weighted by Gasteiger charge is -2.39. The summed E-state index contributed by atoms with van der Waals surface area (Å²) < 4.78 is 5.40. The van der Waals surface area contributed by atoms with Crippen LogP contribution in [0.15, 0.2) is 10.5 Å². The molecule has 4 heteroatoms. The van der Waals surface area contributed by atoms with Crippen molar-refractivity contribution in [2.75, 3.05) is 13.1 Å². The SMILES string of the molecule is Cc1cc(C(=O)NC2CCNCC2(C)C)c(C)o1. The molecule has 0 radical (unpaired) electrons. The summed E-state index contributed by atoms with van der Waals surface area (Å²) in [7, 11) is 0. The average molecular weight is 250 g/mol. The number of aryl methyl sites for hydroxylation is 2. The van der Waals surface area contributed by atoms with Gasteiger partial charge in [-0.25, -0.2) is 0 Å². The largest absolute Gasteiger partial charge is 0.466 e. The van der Waals surface area contributed by atoms with Crippen molar-refractivity contribution in [1.29, 1.82) is 0 Å². The molecule has 2 heterocycles. The Balaban J connectivity index is 2.09. The van der Waals surface area contributed by atoms with Gasteiger partial charge in [-0.15, -0.1) is 0 Å². The highest BCUT2D eigenvalue weighted by atomic mass is 16.3. The van der Waals surface area contributed by atoms with E-state index in [9.17, 15) is 4.79 Å². The maximum Gasteiger partial charge on any atom is 0.255 e. The summed E-state index contributed by atoms with van der Waals surface area (Å²) in [5.41, 5.74) is 0.738. The molecule has 100 valence electrons. The zero-order valence-electron chi connectivity index (χ0n) is 11.6. The van der Waals surface area contributed by atoms with Gasteiger partial charge in [-0.2, -0.15) is 0 Å². The van der Waals surface area contributed by atoms with E-state index >= 15 is 0 Å². The van der Waals surface area contributed by atoms with Crippen LogP contribution in [0.5, 0.6) is 0 Å². The smallest absolute Gasteiger partial charge is 0.255 e. The molecule has 2 N–H and O–H groups in total. The molecule has 1 atom stereocenters. The number of nitrogens with one attached hydrogen (secondary N) is 2. The van der Waals surface area contributed by atoms with Crippen LogP contribution in [0.2, 0.25) is 0 Å². The van der Waals surface area contributed by atoms with E-state index in [1.54, 1.807) is 6.07 Å². The second-order valence-electron chi connectivity index (χ2n) is 5.81. The third kappa shape index (κ3) is 2.58. The van der Waals surface area contributed by atoms with Crippen LogP contribution < -0.4 is 10.6 Å². The molecule has 1 fully saturated rings. The van der Waals surface area contributed by atoms with Gasteiger partial charge in [-0.3, -0.25) is 4.79 Å². The molecule has 18 heavy (non-hydrogen) atoms. The molecule has 0 saturated carbocycles. The number of piperidine rings is 1. The first-order valence-electron chi connectivity index (χ1n) is 6.49. The molecule has 2 rings (SSSR count). The second kappa shape index (κ2) is 4.76. The van der Waals surface area contributed by atoms with Gasteiger partial charge in [0.25, 0.3) is 5.91 Å². The lowest BCUT2D eigenvalue weighted by atomic mass is 9.80. The molecule has 0 aliphatic carbocycles. The van der Waals surface area contributed by atoms with E-state index in [2.05, 4.69) is 24.5 Å². The van der Waals surface area contributed by atoms with Gasteiger partial charge in [0.2, 0.25) is 0 Å². The normalized spacial score (nSPS) is 22.8. The Kier molecular flexibility index (Phi) is 3.48. The quantitative estimate of drug-likeness (QED) is 0.844. The van der Waals surface area contributed by atoms with Crippen molar-refractivity contribution in [1.82, 2.24) is 10.6 Å². The van der Waals surface area contributed by atoms with Crippen molar-refractivity contribution in [2.24, 2.45) is 5.41 Å². The van der Waals surface area contributed by atoms with Crippen LogP contribution in [0, 0.1) is 19.3 Å². The first kappa shape index (κ1) is 13.1. The van der Waals surface area contributed by atoms with Gasteiger partial charge < -0.3 is 15.1 Å². The highest BCUT2D eigenvalue weighted by molar-refractivity contribution is 5.95. The maximum atomic E-state index is 12.2. The molecule has 4 nitrogen and oxygen atoms in total. The average Bonchev–Trinajstić information content (AvgIpc) is 2.61. The molecular formula is C14H22N2O2. The monoisotopic (exact) mass is 250 g/mol. The fourth-order valence-corrected chi connectivity index (χ4v) is 2.53. The van der Waals surface area contributed by atoms with Gasteiger partial charge in [0.05, 0.1) is 5.56 Å². The zero-order valence-corrected chi connectivity index (χ0v) is 11.6. The van der Waals surface area contributed by atoms with Gasteiger partial charge in [0.1, 0.15) is 11.5 Å². The number of hydrogen-bond acceptors (Lipinski definition) is 3. The van der Waals surface area contributed by atoms with E-state index in [-0.39, 0.29) is 17.4 Å². The predicted molar refractivity (Wildman–Crippen MR) is 70.7 cm³/mol. The summed E-state index contributed by atoms with van der Waals surface area (Å²) >= 11 is 0. The minimum atomic E-state index is -0.0238. The van der Waals surface area contributed by atoms with Crippen molar-refractivity contribution in [3.8, 4) is 0 Å². The molecule has 1 amide bonds. The molecule has 1 aromatic rings. The number of rotatable bonds is 2. The minimum absolute atomic E-state index is 0.0238. The Morgan fingerprint density at radius 1 is 1.50 bits per heavy atom. The predicted octanol–water partition coefficient (Wildman–Crippen LogP) is 2.01. The Bertz CT molecular complexity index is 449. The summed E-state index contributed by atoms with van der Waals surface area (Å²) in [6.45, 7) is 9.93. The molecule has 1 unspecified atom stereocenters. The van der Waals surface area contributed by atoms with Crippen LogP contribution in [0.1, 0.15) is 42.1 Å². The molecule has 1 aromatic heterocycles. The van der Waals surface area contributed by atoms with Gasteiger partial charge in [0, 0.05) is 12.6 Å². The second-order valence-corrected chi connectivity index (χ2v) is 5.81. The first-order chi connectivity index (χ1) is 8.40. The molecule has 0 bridgehead atoms. The Labute approximate surface area is 108 Å². The van der Waals surface area contributed by atoms with Crippen molar-refractivity contribution >= 4 is 5.91 Å². The number of hydrogen-bond donors (Lipinski definition) is 2. The molecular weight excluding hydrogens is 228 g/mol. The van der Waals surface area contributed by atoms with E-state index in [0.717, 1.165) is 25.3 Å². The third-order valence-electron chi connectivity index (χ3n) is 3.72. The highest BCUT2D eigenvalue weighted by Gasteiger charge is 2.33. The zero-order chi connectivity index (χ0) is 13.3. The van der Waals surface area contributed by atoms with Crippen LogP contribution in [0.25, 0.3) is 0 Å². The fourth-order valence-electron chi connectivity index (χ4n) is 2.53. The van der Waals surface area contributed by atoms with Crippen molar-refractivity contribution in [2.45, 2.75) is 40.2 Å². The number of furan rings is 1. The van der Waals surface area contributed by atoms with E-state index in [4.69, 9.17) is 4.42 Å². The summed E-state index contributed by atoms with van der Waals surface area (Å²) in [5.74, 6) is 1.45. The molecule has 1 aliphatic heterocycles. The van der Waals surface area contributed by atoms with E-state index in [0.29, 0.717) is 11.3 Å². The lowest BCUT2D eigenvalue weighted by molar-refractivity contribution is 0.0867. The highest BCUT2D eigenvalue weighted by Crippen LogP contribution is 2.25. The third-order valence-corrected chi connectivity index (χ3v) is 3.72. The summed E-state index contributed by atoms with van der Waals surface area (Å²) in [6.07, 6.45) is 0.967. The molecule has 0 spiro atoms. The molecule has 1 aliphatic rings. The van der Waals surface area contributed by atoms with Gasteiger partial charge in [-0.05, 0) is 38.3 Å².